The molecule has 0 spiro atoms. The third-order valence-corrected chi connectivity index (χ3v) is 10.6. The third-order valence-electron chi connectivity index (χ3n) is 10.6. The molecule has 1 unspecified atom stereocenters. The quantitative estimate of drug-likeness (QED) is 0.101. The first-order valence-electron chi connectivity index (χ1n) is 19.3. The van der Waals surface area contributed by atoms with Crippen LogP contribution in [0, 0.1) is 12.7 Å². The Morgan fingerprint density at radius 3 is 2.42 bits per heavy atom. The SMILES string of the molecule is CNC(=O)c1ccccc1Nc1cc(Nc2cc(C)c(N3CCN(Cc4cc5c(cc4F)C(=O)N(C4CCC(=O)NC4=O)C5)CC3)cc2OC(C)C)ncc1C(F)(F)F. The first-order chi connectivity index (χ1) is 28.1. The van der Waals surface area contributed by atoms with Gasteiger partial charge in [-0.2, -0.15) is 13.2 Å². The molecule has 1 atom stereocenters. The minimum atomic E-state index is -4.74. The number of rotatable bonds is 11. The van der Waals surface area contributed by atoms with Crippen molar-refractivity contribution >= 4 is 52.2 Å². The Bertz CT molecular complexity index is 2310. The van der Waals surface area contributed by atoms with Gasteiger partial charge < -0.3 is 30.5 Å². The summed E-state index contributed by atoms with van der Waals surface area (Å²) in [5, 5.41) is 10.7. The zero-order valence-corrected chi connectivity index (χ0v) is 32.9. The van der Waals surface area contributed by atoms with Gasteiger partial charge in [-0.05, 0) is 68.7 Å². The van der Waals surface area contributed by atoms with Crippen molar-refractivity contribution in [3.63, 3.8) is 0 Å². The monoisotopic (exact) mass is 816 g/mol. The van der Waals surface area contributed by atoms with Gasteiger partial charge in [0.15, 0.2) is 0 Å². The minimum absolute atomic E-state index is 0.110. The van der Waals surface area contributed by atoms with Crippen molar-refractivity contribution in [2.45, 2.75) is 65.0 Å². The molecule has 59 heavy (non-hydrogen) atoms. The fourth-order valence-electron chi connectivity index (χ4n) is 7.68. The van der Waals surface area contributed by atoms with Gasteiger partial charge in [-0.25, -0.2) is 9.37 Å². The Morgan fingerprint density at radius 2 is 1.73 bits per heavy atom. The first kappa shape index (κ1) is 40.9. The number of piperidine rings is 1. The second-order valence-electron chi connectivity index (χ2n) is 15.1. The number of halogens is 4. The highest BCUT2D eigenvalue weighted by Crippen LogP contribution is 2.40. The molecule has 13 nitrogen and oxygen atoms in total. The summed E-state index contributed by atoms with van der Waals surface area (Å²) in [6, 6.07) is 13.4. The van der Waals surface area contributed by atoms with Crippen molar-refractivity contribution < 1.29 is 41.5 Å². The molecule has 4 amide bonds. The van der Waals surface area contributed by atoms with Crippen LogP contribution in [-0.2, 0) is 28.9 Å². The van der Waals surface area contributed by atoms with E-state index in [1.165, 1.54) is 36.2 Å². The molecule has 17 heteroatoms. The highest BCUT2D eigenvalue weighted by Gasteiger charge is 2.40. The van der Waals surface area contributed by atoms with Gasteiger partial charge in [0, 0.05) is 87.9 Å². The van der Waals surface area contributed by atoms with Gasteiger partial charge in [0.25, 0.3) is 11.8 Å². The Hall–Kier alpha value is -6.23. The molecule has 0 aliphatic carbocycles. The molecule has 310 valence electrons. The maximum Gasteiger partial charge on any atom is 0.419 e. The smallest absolute Gasteiger partial charge is 0.419 e. The number of ether oxygens (including phenoxy) is 1. The molecule has 0 bridgehead atoms. The minimum Gasteiger partial charge on any atom is -0.489 e. The molecule has 3 aliphatic rings. The van der Waals surface area contributed by atoms with Crippen LogP contribution >= 0.6 is 0 Å². The maximum atomic E-state index is 15.4. The van der Waals surface area contributed by atoms with E-state index in [9.17, 15) is 32.3 Å². The molecule has 3 aliphatic heterocycles. The molecule has 7 rings (SSSR count). The number of anilines is 5. The van der Waals surface area contributed by atoms with Crippen molar-refractivity contribution in [2.75, 3.05) is 48.8 Å². The van der Waals surface area contributed by atoms with Crippen LogP contribution in [0.3, 0.4) is 0 Å². The van der Waals surface area contributed by atoms with Crippen LogP contribution in [0.4, 0.5) is 46.1 Å². The van der Waals surface area contributed by atoms with Crippen LogP contribution in [0.25, 0.3) is 0 Å². The van der Waals surface area contributed by atoms with Crippen LogP contribution in [0.15, 0.2) is 60.8 Å². The lowest BCUT2D eigenvalue weighted by atomic mass is 10.0. The van der Waals surface area contributed by atoms with Crippen LogP contribution in [0.2, 0.25) is 0 Å². The Labute approximate surface area is 338 Å². The molecule has 0 saturated carbocycles. The van der Waals surface area contributed by atoms with Crippen molar-refractivity contribution in [2.24, 2.45) is 0 Å². The van der Waals surface area contributed by atoms with Crippen molar-refractivity contribution in [1.29, 1.82) is 0 Å². The number of aryl methyl sites for hydroxylation is 1. The summed E-state index contributed by atoms with van der Waals surface area (Å²) >= 11 is 0. The third kappa shape index (κ3) is 8.79. The maximum absolute atomic E-state index is 15.4. The number of nitrogens with zero attached hydrogens (tertiary/aromatic N) is 4. The van der Waals surface area contributed by atoms with Crippen molar-refractivity contribution in [3.8, 4) is 5.75 Å². The summed E-state index contributed by atoms with van der Waals surface area (Å²) in [4.78, 5) is 59.5. The summed E-state index contributed by atoms with van der Waals surface area (Å²) in [5.74, 6) is -1.72. The number of pyridine rings is 1. The van der Waals surface area contributed by atoms with E-state index in [2.05, 4.69) is 36.1 Å². The number of piperazine rings is 1. The van der Waals surface area contributed by atoms with Crippen LogP contribution in [0.5, 0.6) is 5.75 Å². The standard InChI is InChI=1S/C42H44F4N8O5/c1-23(2)59-36-19-35(24(3)15-33(36)50-37-18-32(29(20-48-37)42(44,45)46)49-31-8-6-5-7-27(31)39(56)47-4)53-13-11-52(12-14-53)21-26-16-25-22-54(41(58)28(25)17-30(26)43)34-9-10-38(55)51-40(34)57/h5-8,15-20,23,34H,9-14,21-22H2,1-4H3,(H,47,56)(H2,48,49,50)(H,51,55,57). The summed E-state index contributed by atoms with van der Waals surface area (Å²) in [7, 11) is 1.44. The fourth-order valence-corrected chi connectivity index (χ4v) is 7.68. The molecular weight excluding hydrogens is 773 g/mol. The molecule has 2 saturated heterocycles. The number of para-hydroxylation sites is 1. The number of aromatic nitrogens is 1. The number of benzene rings is 3. The van der Waals surface area contributed by atoms with Gasteiger partial charge >= 0.3 is 6.18 Å². The van der Waals surface area contributed by atoms with E-state index >= 15 is 4.39 Å². The van der Waals surface area contributed by atoms with E-state index in [-0.39, 0.29) is 59.7 Å². The largest absolute Gasteiger partial charge is 0.489 e. The fraction of sp³-hybridized carbons (Fsp3) is 0.357. The highest BCUT2D eigenvalue weighted by molar-refractivity contribution is 6.05. The van der Waals surface area contributed by atoms with E-state index in [1.807, 2.05) is 32.9 Å². The van der Waals surface area contributed by atoms with Crippen LogP contribution in [0.1, 0.15) is 69.7 Å². The zero-order chi connectivity index (χ0) is 42.2. The van der Waals surface area contributed by atoms with Gasteiger partial charge in [0.05, 0.1) is 34.3 Å². The number of hydrogen-bond acceptors (Lipinski definition) is 10. The number of carbonyl (C=O) groups excluding carboxylic acids is 4. The number of hydrogen-bond donors (Lipinski definition) is 4. The van der Waals surface area contributed by atoms with Crippen molar-refractivity contribution in [1.82, 2.24) is 25.4 Å². The summed E-state index contributed by atoms with van der Waals surface area (Å²) in [5.41, 5.74) is 2.62. The molecule has 2 fully saturated rings. The average molecular weight is 817 g/mol. The Morgan fingerprint density at radius 1 is 0.983 bits per heavy atom. The van der Waals surface area contributed by atoms with Gasteiger partial charge in [-0.15, -0.1) is 0 Å². The van der Waals surface area contributed by atoms with E-state index in [1.54, 1.807) is 18.2 Å². The molecule has 1 aromatic heterocycles. The van der Waals surface area contributed by atoms with Gasteiger partial charge in [0.1, 0.15) is 23.4 Å². The van der Waals surface area contributed by atoms with Crippen molar-refractivity contribution in [3.05, 3.63) is 100.0 Å². The molecule has 3 aromatic carbocycles. The summed E-state index contributed by atoms with van der Waals surface area (Å²) in [6.45, 7) is 8.55. The number of imide groups is 1. The first-order valence-corrected chi connectivity index (χ1v) is 19.3. The summed E-state index contributed by atoms with van der Waals surface area (Å²) < 4.78 is 64.1. The van der Waals surface area contributed by atoms with Crippen LogP contribution < -0.4 is 30.9 Å². The highest BCUT2D eigenvalue weighted by atomic mass is 19.4. The lowest BCUT2D eigenvalue weighted by Gasteiger charge is -2.37. The number of carbonyl (C=O) groups is 4. The van der Waals surface area contributed by atoms with E-state index < -0.39 is 41.3 Å². The van der Waals surface area contributed by atoms with Gasteiger partial charge in [-0.3, -0.25) is 29.4 Å². The van der Waals surface area contributed by atoms with Crippen LogP contribution in [-0.4, -0.2) is 83.8 Å². The second kappa shape index (κ2) is 16.6. The number of amides is 4. The topological polar surface area (TPSA) is 148 Å². The number of nitrogens with one attached hydrogen (secondary N) is 4. The van der Waals surface area contributed by atoms with Gasteiger partial charge in [0.2, 0.25) is 11.8 Å². The molecule has 4 N–H and O–H groups in total. The van der Waals surface area contributed by atoms with E-state index in [0.29, 0.717) is 55.3 Å². The Kier molecular flexibility index (Phi) is 11.5. The zero-order valence-electron chi connectivity index (χ0n) is 32.9. The predicted octanol–water partition coefficient (Wildman–Crippen LogP) is 6.27. The lowest BCUT2D eigenvalue weighted by Crippen LogP contribution is -2.52. The lowest BCUT2D eigenvalue weighted by molar-refractivity contribution is -0.138. The molecule has 4 heterocycles. The van der Waals surface area contributed by atoms with Gasteiger partial charge in [-0.1, -0.05) is 12.1 Å². The molecule has 4 aromatic rings. The predicted molar refractivity (Wildman–Crippen MR) is 213 cm³/mol. The normalized spacial score (nSPS) is 17.2. The molecule has 0 radical (unpaired) electrons. The summed E-state index contributed by atoms with van der Waals surface area (Å²) in [6.07, 6.45) is -3.88. The Balaban J connectivity index is 1.06. The van der Waals surface area contributed by atoms with E-state index in [4.69, 9.17) is 4.74 Å². The molecular formula is C42H44F4N8O5. The second-order valence-corrected chi connectivity index (χ2v) is 15.1. The number of alkyl halides is 3. The van der Waals surface area contributed by atoms with E-state index in [0.717, 1.165) is 17.4 Å². The average Bonchev–Trinajstić information content (AvgIpc) is 3.49. The number of fused-ring (bicyclic) bond motifs is 1.